The number of hydrogen-bond acceptors (Lipinski definition) is 2. The lowest BCUT2D eigenvalue weighted by molar-refractivity contribution is 0.175. The van der Waals surface area contributed by atoms with E-state index < -0.39 is 0 Å². The number of rotatable bonds is 3. The van der Waals surface area contributed by atoms with E-state index in [4.69, 9.17) is 4.74 Å². The molecule has 2 amide bonds. The summed E-state index contributed by atoms with van der Waals surface area (Å²) in [4.78, 5) is 14.5. The third kappa shape index (κ3) is 2.66. The second-order valence-corrected chi connectivity index (χ2v) is 5.36. The van der Waals surface area contributed by atoms with E-state index in [-0.39, 0.29) is 12.1 Å². The molecule has 1 atom stereocenters. The van der Waals surface area contributed by atoms with Gasteiger partial charge in [-0.2, -0.15) is 0 Å². The standard InChI is InChI=1S/C17H21N3O2/c1-3-22-16-9-5-4-7-14(16)18-17(21)20-12-11-19-10-6-8-15(19)13(20)2/h4-10,13H,3,11-12H2,1-2H3,(H,18,21). The maximum atomic E-state index is 12.6. The Labute approximate surface area is 130 Å². The molecule has 22 heavy (non-hydrogen) atoms. The van der Waals surface area contributed by atoms with Crippen LogP contribution >= 0.6 is 0 Å². The van der Waals surface area contributed by atoms with E-state index >= 15 is 0 Å². The highest BCUT2D eigenvalue weighted by atomic mass is 16.5. The average molecular weight is 299 g/mol. The van der Waals surface area contributed by atoms with Gasteiger partial charge in [-0.1, -0.05) is 12.1 Å². The van der Waals surface area contributed by atoms with Crippen molar-refractivity contribution >= 4 is 11.7 Å². The van der Waals surface area contributed by atoms with Gasteiger partial charge in [-0.25, -0.2) is 4.79 Å². The van der Waals surface area contributed by atoms with Crippen molar-refractivity contribution in [1.29, 1.82) is 0 Å². The van der Waals surface area contributed by atoms with Crippen molar-refractivity contribution in [2.75, 3.05) is 18.5 Å². The minimum atomic E-state index is -0.0906. The van der Waals surface area contributed by atoms with Crippen LogP contribution in [-0.2, 0) is 6.54 Å². The molecule has 0 bridgehead atoms. The summed E-state index contributed by atoms with van der Waals surface area (Å²) in [5.74, 6) is 0.700. The van der Waals surface area contributed by atoms with Crippen LogP contribution < -0.4 is 10.1 Å². The first kappa shape index (κ1) is 14.5. The quantitative estimate of drug-likeness (QED) is 0.943. The largest absolute Gasteiger partial charge is 0.492 e. The van der Waals surface area contributed by atoms with Crippen molar-refractivity contribution in [2.24, 2.45) is 0 Å². The van der Waals surface area contributed by atoms with Gasteiger partial charge in [0.15, 0.2) is 0 Å². The Bertz CT molecular complexity index is 665. The molecule has 0 saturated heterocycles. The molecule has 116 valence electrons. The number of para-hydroxylation sites is 2. The topological polar surface area (TPSA) is 46.5 Å². The number of amides is 2. The number of aromatic nitrogens is 1. The molecule has 0 radical (unpaired) electrons. The number of carbonyl (C=O) groups excluding carboxylic acids is 1. The van der Waals surface area contributed by atoms with Gasteiger partial charge in [0.25, 0.3) is 0 Å². The van der Waals surface area contributed by atoms with Gasteiger partial charge >= 0.3 is 6.03 Å². The Balaban J connectivity index is 1.76. The van der Waals surface area contributed by atoms with Crippen LogP contribution in [0.25, 0.3) is 0 Å². The molecular weight excluding hydrogens is 278 g/mol. The SMILES string of the molecule is CCOc1ccccc1NC(=O)N1CCn2cccc2C1C. The lowest BCUT2D eigenvalue weighted by atomic mass is 10.1. The number of nitrogens with zero attached hydrogens (tertiary/aromatic N) is 2. The molecule has 1 aliphatic heterocycles. The summed E-state index contributed by atoms with van der Waals surface area (Å²) in [6.45, 7) is 6.08. The summed E-state index contributed by atoms with van der Waals surface area (Å²) < 4.78 is 7.76. The Morgan fingerprint density at radius 3 is 2.91 bits per heavy atom. The molecule has 0 spiro atoms. The minimum absolute atomic E-state index is 0.0583. The second kappa shape index (κ2) is 6.13. The minimum Gasteiger partial charge on any atom is -0.492 e. The number of ether oxygens (including phenoxy) is 1. The summed E-state index contributed by atoms with van der Waals surface area (Å²) in [6, 6.07) is 11.6. The lowest BCUT2D eigenvalue weighted by Gasteiger charge is -2.35. The summed E-state index contributed by atoms with van der Waals surface area (Å²) in [5.41, 5.74) is 1.88. The van der Waals surface area contributed by atoms with Crippen LogP contribution in [-0.4, -0.2) is 28.6 Å². The van der Waals surface area contributed by atoms with Crippen LogP contribution in [0.15, 0.2) is 42.6 Å². The Morgan fingerprint density at radius 2 is 2.09 bits per heavy atom. The number of hydrogen-bond donors (Lipinski definition) is 1. The molecule has 1 unspecified atom stereocenters. The van der Waals surface area contributed by atoms with Crippen LogP contribution in [0.5, 0.6) is 5.75 Å². The van der Waals surface area contributed by atoms with E-state index in [0.29, 0.717) is 24.6 Å². The van der Waals surface area contributed by atoms with Gasteiger partial charge in [0.1, 0.15) is 5.75 Å². The fraction of sp³-hybridized carbons (Fsp3) is 0.353. The Kier molecular flexibility index (Phi) is 4.04. The molecule has 2 aromatic rings. The monoisotopic (exact) mass is 299 g/mol. The van der Waals surface area contributed by atoms with Gasteiger partial charge in [0.2, 0.25) is 0 Å². The van der Waals surface area contributed by atoms with Crippen LogP contribution in [0.2, 0.25) is 0 Å². The maximum Gasteiger partial charge on any atom is 0.322 e. The third-order valence-corrected chi connectivity index (χ3v) is 4.03. The van der Waals surface area contributed by atoms with Gasteiger partial charge in [-0.05, 0) is 38.1 Å². The predicted molar refractivity (Wildman–Crippen MR) is 86.2 cm³/mol. The van der Waals surface area contributed by atoms with Crippen molar-refractivity contribution < 1.29 is 9.53 Å². The fourth-order valence-electron chi connectivity index (χ4n) is 2.89. The van der Waals surface area contributed by atoms with Crippen molar-refractivity contribution in [1.82, 2.24) is 9.47 Å². The summed E-state index contributed by atoms with van der Waals surface area (Å²) in [5, 5.41) is 2.97. The molecule has 0 aliphatic carbocycles. The van der Waals surface area contributed by atoms with E-state index in [0.717, 1.165) is 6.54 Å². The lowest BCUT2D eigenvalue weighted by Crippen LogP contribution is -2.43. The highest BCUT2D eigenvalue weighted by Crippen LogP contribution is 2.28. The molecule has 1 N–H and O–H groups in total. The number of fused-ring (bicyclic) bond motifs is 1. The first-order valence-corrected chi connectivity index (χ1v) is 7.65. The first-order chi connectivity index (χ1) is 10.7. The van der Waals surface area contributed by atoms with Crippen LogP contribution in [0.3, 0.4) is 0 Å². The first-order valence-electron chi connectivity index (χ1n) is 7.65. The number of nitrogens with one attached hydrogen (secondary N) is 1. The summed E-state index contributed by atoms with van der Waals surface area (Å²) in [6.07, 6.45) is 2.06. The van der Waals surface area contributed by atoms with Crippen molar-refractivity contribution in [3.8, 4) is 5.75 Å². The molecule has 5 heteroatoms. The summed E-state index contributed by atoms with van der Waals surface area (Å²) >= 11 is 0. The zero-order valence-corrected chi connectivity index (χ0v) is 13.0. The molecule has 0 saturated carbocycles. The van der Waals surface area contributed by atoms with Crippen LogP contribution in [0.4, 0.5) is 10.5 Å². The summed E-state index contributed by atoms with van der Waals surface area (Å²) in [7, 11) is 0. The highest BCUT2D eigenvalue weighted by molar-refractivity contribution is 5.91. The van der Waals surface area contributed by atoms with Crippen molar-refractivity contribution in [3.63, 3.8) is 0 Å². The van der Waals surface area contributed by atoms with Gasteiger partial charge in [0.05, 0.1) is 18.3 Å². The van der Waals surface area contributed by atoms with Gasteiger partial charge in [-0.3, -0.25) is 0 Å². The van der Waals surface area contributed by atoms with E-state index in [1.54, 1.807) is 0 Å². The number of urea groups is 1. The Hall–Kier alpha value is -2.43. The molecule has 2 heterocycles. The smallest absolute Gasteiger partial charge is 0.322 e. The van der Waals surface area contributed by atoms with Gasteiger partial charge < -0.3 is 19.5 Å². The number of anilines is 1. The molecular formula is C17H21N3O2. The normalized spacial score (nSPS) is 17.0. The van der Waals surface area contributed by atoms with E-state index in [2.05, 4.69) is 29.1 Å². The molecule has 1 aromatic carbocycles. The van der Waals surface area contributed by atoms with E-state index in [1.165, 1.54) is 5.69 Å². The third-order valence-electron chi connectivity index (χ3n) is 4.03. The molecule has 3 rings (SSSR count). The van der Waals surface area contributed by atoms with Crippen LogP contribution in [0.1, 0.15) is 25.6 Å². The van der Waals surface area contributed by atoms with Crippen molar-refractivity contribution in [3.05, 3.63) is 48.3 Å². The fourth-order valence-corrected chi connectivity index (χ4v) is 2.89. The van der Waals surface area contributed by atoms with E-state index in [9.17, 15) is 4.79 Å². The van der Waals surface area contributed by atoms with Gasteiger partial charge in [-0.15, -0.1) is 0 Å². The number of carbonyl (C=O) groups is 1. The Morgan fingerprint density at radius 1 is 1.27 bits per heavy atom. The zero-order chi connectivity index (χ0) is 15.5. The highest BCUT2D eigenvalue weighted by Gasteiger charge is 2.27. The van der Waals surface area contributed by atoms with E-state index in [1.807, 2.05) is 42.2 Å². The molecule has 1 aliphatic rings. The number of benzene rings is 1. The van der Waals surface area contributed by atoms with Crippen molar-refractivity contribution in [2.45, 2.75) is 26.4 Å². The molecule has 0 fully saturated rings. The predicted octanol–water partition coefficient (Wildman–Crippen LogP) is 3.50. The maximum absolute atomic E-state index is 12.6. The molecule has 5 nitrogen and oxygen atoms in total. The zero-order valence-electron chi connectivity index (χ0n) is 13.0. The second-order valence-electron chi connectivity index (χ2n) is 5.36. The van der Waals surface area contributed by atoms with Crippen LogP contribution in [0, 0.1) is 0 Å². The average Bonchev–Trinajstić information content (AvgIpc) is 2.99. The molecule has 1 aromatic heterocycles. The van der Waals surface area contributed by atoms with Gasteiger partial charge in [0, 0.05) is 25.0 Å².